The number of anilines is 3. The number of ether oxygens (including phenoxy) is 1. The number of unbranched alkanes of at least 4 members (excludes halogenated alkanes) is 1. The quantitative estimate of drug-likeness (QED) is 0.245. The first kappa shape index (κ1) is 28.8. The highest BCUT2D eigenvalue weighted by Gasteiger charge is 2.19. The van der Waals surface area contributed by atoms with E-state index in [0.29, 0.717) is 54.5 Å². The summed E-state index contributed by atoms with van der Waals surface area (Å²) in [5, 5.41) is 6.13. The van der Waals surface area contributed by atoms with E-state index in [0.717, 1.165) is 36.0 Å². The number of carbonyl (C=O) groups is 2. The Hall–Kier alpha value is -4.76. The molecule has 9 nitrogen and oxygen atoms in total. The maximum atomic E-state index is 13.2. The molecule has 0 spiro atoms. The lowest BCUT2D eigenvalue weighted by atomic mass is 10.0. The van der Waals surface area contributed by atoms with E-state index in [1.807, 2.05) is 49.4 Å². The highest BCUT2D eigenvalue weighted by Crippen LogP contribution is 2.28. The zero-order chi connectivity index (χ0) is 29.5. The molecule has 1 fully saturated rings. The second kappa shape index (κ2) is 13.3. The van der Waals surface area contributed by atoms with Gasteiger partial charge in [-0.2, -0.15) is 0 Å². The number of nitrogens with zero attached hydrogens (tertiary/aromatic N) is 2. The normalized spacial score (nSPS) is 13.0. The maximum Gasteiger partial charge on any atom is 0.291 e. The summed E-state index contributed by atoms with van der Waals surface area (Å²) in [5.41, 5.74) is 5.34. The number of amides is 2. The monoisotopic (exact) mass is 565 g/mol. The van der Waals surface area contributed by atoms with Crippen molar-refractivity contribution in [3.63, 3.8) is 0 Å². The fraction of sp³-hybridized carbons (Fsp3) is 0.273. The van der Waals surface area contributed by atoms with Crippen LogP contribution < -0.4 is 16.2 Å². The van der Waals surface area contributed by atoms with Crippen molar-refractivity contribution in [1.82, 2.24) is 14.9 Å². The van der Waals surface area contributed by atoms with Crippen molar-refractivity contribution in [3.05, 3.63) is 106 Å². The number of benzene rings is 3. The van der Waals surface area contributed by atoms with E-state index in [9.17, 15) is 14.4 Å². The Labute approximate surface area is 245 Å². The average molecular weight is 566 g/mol. The number of aromatic amines is 1. The third kappa shape index (κ3) is 6.58. The van der Waals surface area contributed by atoms with Crippen molar-refractivity contribution < 1.29 is 14.3 Å². The van der Waals surface area contributed by atoms with Crippen LogP contribution in [-0.2, 0) is 11.2 Å². The summed E-state index contributed by atoms with van der Waals surface area (Å²) in [6, 6.07) is 20.3. The molecule has 0 radical (unpaired) electrons. The summed E-state index contributed by atoms with van der Waals surface area (Å²) in [4.78, 5) is 47.8. The lowest BCUT2D eigenvalue weighted by Gasteiger charge is -2.26. The second-order valence-corrected chi connectivity index (χ2v) is 10.3. The van der Waals surface area contributed by atoms with Gasteiger partial charge in [0.2, 0.25) is 0 Å². The van der Waals surface area contributed by atoms with Crippen LogP contribution in [0.2, 0.25) is 0 Å². The first-order valence-electron chi connectivity index (χ1n) is 14.3. The van der Waals surface area contributed by atoms with Gasteiger partial charge in [-0.05, 0) is 67.3 Å². The summed E-state index contributed by atoms with van der Waals surface area (Å²) in [7, 11) is 0. The highest BCUT2D eigenvalue weighted by molar-refractivity contribution is 6.06. The minimum atomic E-state index is -0.377. The number of H-pyrrole nitrogens is 1. The van der Waals surface area contributed by atoms with Gasteiger partial charge >= 0.3 is 0 Å². The van der Waals surface area contributed by atoms with Crippen LogP contribution in [0, 0.1) is 6.92 Å². The predicted molar refractivity (Wildman–Crippen MR) is 164 cm³/mol. The van der Waals surface area contributed by atoms with E-state index in [4.69, 9.17) is 4.74 Å². The summed E-state index contributed by atoms with van der Waals surface area (Å²) in [6.07, 6.45) is 4.48. The number of rotatable bonds is 9. The van der Waals surface area contributed by atoms with Crippen molar-refractivity contribution in [2.24, 2.45) is 0 Å². The van der Waals surface area contributed by atoms with Crippen LogP contribution >= 0.6 is 0 Å². The second-order valence-electron chi connectivity index (χ2n) is 10.3. The van der Waals surface area contributed by atoms with Gasteiger partial charge in [0.15, 0.2) is 5.82 Å². The molecule has 1 aliphatic rings. The number of nitrogens with one attached hydrogen (secondary N) is 3. The minimum Gasteiger partial charge on any atom is -0.378 e. The van der Waals surface area contributed by atoms with Crippen LogP contribution in [0.3, 0.4) is 0 Å². The van der Waals surface area contributed by atoms with Crippen molar-refractivity contribution >= 4 is 29.0 Å². The molecular formula is C33H35N5O4. The van der Waals surface area contributed by atoms with E-state index in [1.165, 1.54) is 0 Å². The Bertz CT molecular complexity index is 1620. The Morgan fingerprint density at radius 1 is 1.00 bits per heavy atom. The molecule has 4 aromatic rings. The molecule has 0 unspecified atom stereocenters. The van der Waals surface area contributed by atoms with Gasteiger partial charge in [0.25, 0.3) is 17.4 Å². The van der Waals surface area contributed by atoms with Gasteiger partial charge in [-0.3, -0.25) is 14.4 Å². The summed E-state index contributed by atoms with van der Waals surface area (Å²) in [5.74, 6) is -0.0811. The number of carbonyl (C=O) groups excluding carboxylic acids is 2. The summed E-state index contributed by atoms with van der Waals surface area (Å²) >= 11 is 0. The lowest BCUT2D eigenvalue weighted by Crippen LogP contribution is -2.40. The molecule has 1 aromatic heterocycles. The van der Waals surface area contributed by atoms with Gasteiger partial charge in [0, 0.05) is 47.4 Å². The molecule has 0 bridgehead atoms. The van der Waals surface area contributed by atoms with E-state index < -0.39 is 0 Å². The summed E-state index contributed by atoms with van der Waals surface area (Å²) in [6.45, 7) is 6.27. The van der Waals surface area contributed by atoms with Crippen LogP contribution in [-0.4, -0.2) is 53.0 Å². The molecule has 2 heterocycles. The third-order valence-electron chi connectivity index (χ3n) is 7.40. The zero-order valence-corrected chi connectivity index (χ0v) is 23.9. The first-order valence-corrected chi connectivity index (χ1v) is 14.3. The first-order chi connectivity index (χ1) is 20.4. The Morgan fingerprint density at radius 3 is 2.52 bits per heavy atom. The number of morpholine rings is 1. The van der Waals surface area contributed by atoms with Gasteiger partial charge < -0.3 is 25.3 Å². The number of hydrogen-bond donors (Lipinski definition) is 3. The minimum absolute atomic E-state index is 0.0466. The number of aromatic nitrogens is 2. The molecule has 0 saturated carbocycles. The Balaban J connectivity index is 1.33. The molecular weight excluding hydrogens is 530 g/mol. The molecule has 5 rings (SSSR count). The molecule has 3 aromatic carbocycles. The smallest absolute Gasteiger partial charge is 0.291 e. The van der Waals surface area contributed by atoms with Crippen LogP contribution in [0.4, 0.5) is 17.2 Å². The number of hydrogen-bond acceptors (Lipinski definition) is 6. The van der Waals surface area contributed by atoms with E-state index in [-0.39, 0.29) is 23.2 Å². The fourth-order valence-electron chi connectivity index (χ4n) is 4.98. The highest BCUT2D eigenvalue weighted by atomic mass is 16.5. The standard InChI is InChI=1S/C33H35N5O4/c1-3-4-8-23-9-5-6-10-27(23)31(39)37-28-12-7-11-26(22(28)2)29-21-34-32(40)30(36-29)35-25-15-13-24(14-16-25)33(41)38-17-19-42-20-18-38/h5-7,9-16,21H,3-4,8,17-20H2,1-2H3,(H,34,40)(H,35,36)(H,37,39). The van der Waals surface area contributed by atoms with E-state index >= 15 is 0 Å². The van der Waals surface area contributed by atoms with Gasteiger partial charge in [-0.1, -0.05) is 43.7 Å². The van der Waals surface area contributed by atoms with Crippen LogP contribution in [0.25, 0.3) is 11.3 Å². The largest absolute Gasteiger partial charge is 0.378 e. The molecule has 1 saturated heterocycles. The average Bonchev–Trinajstić information content (AvgIpc) is 3.02. The molecule has 216 valence electrons. The van der Waals surface area contributed by atoms with Gasteiger partial charge in [-0.25, -0.2) is 4.98 Å². The molecule has 42 heavy (non-hydrogen) atoms. The third-order valence-corrected chi connectivity index (χ3v) is 7.40. The van der Waals surface area contributed by atoms with Crippen LogP contribution in [0.5, 0.6) is 0 Å². The van der Waals surface area contributed by atoms with Gasteiger partial charge in [0.05, 0.1) is 18.9 Å². The maximum absolute atomic E-state index is 13.2. The van der Waals surface area contributed by atoms with Crippen molar-refractivity contribution in [2.45, 2.75) is 33.1 Å². The zero-order valence-electron chi connectivity index (χ0n) is 23.9. The molecule has 0 atom stereocenters. The SMILES string of the molecule is CCCCc1ccccc1C(=O)Nc1cccc(-c2c[nH]c(=O)c(Nc3ccc(C(=O)N4CCOCC4)cc3)n2)c1C. The molecule has 1 aliphatic heterocycles. The van der Waals surface area contributed by atoms with Crippen LogP contribution in [0.1, 0.15) is 51.6 Å². The topological polar surface area (TPSA) is 116 Å². The molecule has 0 aliphatic carbocycles. The number of aryl methyl sites for hydroxylation is 1. The lowest BCUT2D eigenvalue weighted by molar-refractivity contribution is 0.0303. The molecule has 3 N–H and O–H groups in total. The summed E-state index contributed by atoms with van der Waals surface area (Å²) < 4.78 is 5.33. The van der Waals surface area contributed by atoms with Gasteiger partial charge in [0.1, 0.15) is 0 Å². The fourth-order valence-corrected chi connectivity index (χ4v) is 4.98. The van der Waals surface area contributed by atoms with E-state index in [2.05, 4.69) is 27.5 Å². The Morgan fingerprint density at radius 2 is 1.76 bits per heavy atom. The Kier molecular flexibility index (Phi) is 9.08. The van der Waals surface area contributed by atoms with Crippen molar-refractivity contribution in [1.29, 1.82) is 0 Å². The van der Waals surface area contributed by atoms with Crippen molar-refractivity contribution in [3.8, 4) is 11.3 Å². The van der Waals surface area contributed by atoms with Gasteiger partial charge in [-0.15, -0.1) is 0 Å². The van der Waals surface area contributed by atoms with Crippen LogP contribution in [0.15, 0.2) is 77.7 Å². The predicted octanol–water partition coefficient (Wildman–Crippen LogP) is 5.56. The molecule has 2 amide bonds. The van der Waals surface area contributed by atoms with Crippen molar-refractivity contribution in [2.75, 3.05) is 36.9 Å². The molecule has 9 heteroatoms. The van der Waals surface area contributed by atoms with E-state index in [1.54, 1.807) is 35.4 Å².